The fraction of sp³-hybridized carbons (Fsp3) is 0.143. The predicted molar refractivity (Wildman–Crippen MR) is 71.6 cm³/mol. The highest BCUT2D eigenvalue weighted by molar-refractivity contribution is 6.30. The summed E-state index contributed by atoms with van der Waals surface area (Å²) >= 11 is 5.91. The molecule has 0 saturated heterocycles. The van der Waals surface area contributed by atoms with Gasteiger partial charge in [0.1, 0.15) is 11.6 Å². The van der Waals surface area contributed by atoms with Gasteiger partial charge in [-0.05, 0) is 42.3 Å². The summed E-state index contributed by atoms with van der Waals surface area (Å²) in [7, 11) is 0. The third kappa shape index (κ3) is 3.14. The van der Waals surface area contributed by atoms with Crippen molar-refractivity contribution in [2.24, 2.45) is 0 Å². The van der Waals surface area contributed by atoms with Gasteiger partial charge < -0.3 is 10.4 Å². The van der Waals surface area contributed by atoms with E-state index >= 15 is 0 Å². The smallest absolute Gasteiger partial charge is 0.127 e. The fourth-order valence-electron chi connectivity index (χ4n) is 1.72. The van der Waals surface area contributed by atoms with Gasteiger partial charge in [-0.15, -0.1) is 0 Å². The first-order valence-electron chi connectivity index (χ1n) is 5.53. The largest absolute Gasteiger partial charge is 0.508 e. The average molecular weight is 266 g/mol. The molecule has 2 N–H and O–H groups in total. The van der Waals surface area contributed by atoms with E-state index in [1.807, 2.05) is 25.1 Å². The van der Waals surface area contributed by atoms with Crippen molar-refractivity contribution in [3.8, 4) is 5.75 Å². The van der Waals surface area contributed by atoms with Crippen LogP contribution in [0.3, 0.4) is 0 Å². The maximum Gasteiger partial charge on any atom is 0.127 e. The Morgan fingerprint density at radius 3 is 2.72 bits per heavy atom. The number of phenols is 1. The van der Waals surface area contributed by atoms with Gasteiger partial charge >= 0.3 is 0 Å². The summed E-state index contributed by atoms with van der Waals surface area (Å²) in [5.41, 5.74) is 2.62. The van der Waals surface area contributed by atoms with Crippen LogP contribution in [0.5, 0.6) is 5.75 Å². The van der Waals surface area contributed by atoms with Crippen molar-refractivity contribution in [3.63, 3.8) is 0 Å². The molecule has 2 aromatic rings. The molecule has 0 aliphatic heterocycles. The summed E-state index contributed by atoms with van der Waals surface area (Å²) in [4.78, 5) is 0. The second kappa shape index (κ2) is 5.27. The summed E-state index contributed by atoms with van der Waals surface area (Å²) in [5.74, 6) is -0.524. The summed E-state index contributed by atoms with van der Waals surface area (Å²) < 4.78 is 13.1. The van der Waals surface area contributed by atoms with Gasteiger partial charge in [0, 0.05) is 23.3 Å². The molecule has 0 aliphatic rings. The maximum atomic E-state index is 13.1. The Balaban J connectivity index is 2.13. The maximum absolute atomic E-state index is 13.1. The standard InChI is InChI=1S/C14H13ClFNO/c1-9-2-3-11(15)6-14(9)17-8-10-4-12(16)7-13(18)5-10/h2-7,17-18H,8H2,1H3. The van der Waals surface area contributed by atoms with Gasteiger partial charge in [-0.1, -0.05) is 17.7 Å². The van der Waals surface area contributed by atoms with Crippen LogP contribution in [-0.4, -0.2) is 5.11 Å². The lowest BCUT2D eigenvalue weighted by Crippen LogP contribution is -2.01. The van der Waals surface area contributed by atoms with E-state index in [2.05, 4.69) is 5.32 Å². The van der Waals surface area contributed by atoms with Crippen molar-refractivity contribution >= 4 is 17.3 Å². The Morgan fingerprint density at radius 2 is 2.00 bits per heavy atom. The molecule has 4 heteroatoms. The van der Waals surface area contributed by atoms with Crippen molar-refractivity contribution < 1.29 is 9.50 Å². The lowest BCUT2D eigenvalue weighted by atomic mass is 10.1. The normalized spacial score (nSPS) is 10.4. The van der Waals surface area contributed by atoms with Crippen LogP contribution in [0.15, 0.2) is 36.4 Å². The third-order valence-corrected chi connectivity index (χ3v) is 2.86. The molecule has 0 aliphatic carbocycles. The van der Waals surface area contributed by atoms with Crippen LogP contribution in [0.4, 0.5) is 10.1 Å². The molecule has 18 heavy (non-hydrogen) atoms. The van der Waals surface area contributed by atoms with E-state index in [0.717, 1.165) is 17.3 Å². The molecule has 2 aromatic carbocycles. The number of halogens is 2. The molecule has 0 unspecified atom stereocenters. The minimum Gasteiger partial charge on any atom is -0.508 e. The lowest BCUT2D eigenvalue weighted by Gasteiger charge is -2.10. The predicted octanol–water partition coefficient (Wildman–Crippen LogP) is 4.11. The van der Waals surface area contributed by atoms with Crippen LogP contribution in [0, 0.1) is 12.7 Å². The van der Waals surface area contributed by atoms with Crippen LogP contribution in [0.1, 0.15) is 11.1 Å². The van der Waals surface area contributed by atoms with Gasteiger partial charge in [0.05, 0.1) is 0 Å². The zero-order chi connectivity index (χ0) is 13.1. The number of hydrogen-bond donors (Lipinski definition) is 2. The molecular weight excluding hydrogens is 253 g/mol. The van der Waals surface area contributed by atoms with E-state index < -0.39 is 5.82 Å². The van der Waals surface area contributed by atoms with Crippen molar-refractivity contribution in [1.29, 1.82) is 0 Å². The fourth-order valence-corrected chi connectivity index (χ4v) is 1.89. The first-order valence-corrected chi connectivity index (χ1v) is 5.91. The molecule has 0 amide bonds. The summed E-state index contributed by atoms with van der Waals surface area (Å²) in [6, 6.07) is 9.52. The first kappa shape index (κ1) is 12.7. The minimum absolute atomic E-state index is 0.0744. The number of benzene rings is 2. The van der Waals surface area contributed by atoms with Crippen molar-refractivity contribution in [3.05, 3.63) is 58.4 Å². The molecule has 0 atom stereocenters. The van der Waals surface area contributed by atoms with Crippen LogP contribution in [0.25, 0.3) is 0 Å². The zero-order valence-electron chi connectivity index (χ0n) is 9.87. The third-order valence-electron chi connectivity index (χ3n) is 2.62. The Morgan fingerprint density at radius 1 is 1.22 bits per heavy atom. The van der Waals surface area contributed by atoms with Crippen molar-refractivity contribution in [1.82, 2.24) is 0 Å². The Bertz CT molecular complexity index is 551. The van der Waals surface area contributed by atoms with Gasteiger partial charge in [-0.2, -0.15) is 0 Å². The second-order valence-corrected chi connectivity index (χ2v) is 4.57. The molecule has 2 nitrogen and oxygen atoms in total. The highest BCUT2D eigenvalue weighted by Gasteiger charge is 2.02. The number of phenolic OH excluding ortho intramolecular Hbond substituents is 1. The summed E-state index contributed by atoms with van der Waals surface area (Å²) in [6.45, 7) is 2.38. The van der Waals surface area contributed by atoms with Gasteiger partial charge in [-0.25, -0.2) is 4.39 Å². The summed E-state index contributed by atoms with van der Waals surface area (Å²) in [5, 5.41) is 13.1. The molecular formula is C14H13ClFNO. The zero-order valence-corrected chi connectivity index (χ0v) is 10.6. The SMILES string of the molecule is Cc1ccc(Cl)cc1NCc1cc(O)cc(F)c1. The number of aromatic hydroxyl groups is 1. The molecule has 0 spiro atoms. The van der Waals surface area contributed by atoms with Gasteiger partial charge in [0.25, 0.3) is 0 Å². The van der Waals surface area contributed by atoms with Crippen LogP contribution < -0.4 is 5.32 Å². The van der Waals surface area contributed by atoms with E-state index in [1.165, 1.54) is 12.1 Å². The van der Waals surface area contributed by atoms with E-state index in [1.54, 1.807) is 0 Å². The molecule has 0 aromatic heterocycles. The number of nitrogens with one attached hydrogen (secondary N) is 1. The number of hydrogen-bond acceptors (Lipinski definition) is 2. The quantitative estimate of drug-likeness (QED) is 0.875. The van der Waals surface area contributed by atoms with Crippen LogP contribution in [-0.2, 0) is 6.54 Å². The van der Waals surface area contributed by atoms with E-state index in [0.29, 0.717) is 17.1 Å². The highest BCUT2D eigenvalue weighted by atomic mass is 35.5. The topological polar surface area (TPSA) is 32.3 Å². The number of anilines is 1. The first-order chi connectivity index (χ1) is 8.54. The lowest BCUT2D eigenvalue weighted by molar-refractivity contribution is 0.468. The number of aryl methyl sites for hydroxylation is 1. The molecule has 0 heterocycles. The average Bonchev–Trinajstić information content (AvgIpc) is 2.29. The number of rotatable bonds is 3. The second-order valence-electron chi connectivity index (χ2n) is 4.13. The monoisotopic (exact) mass is 265 g/mol. The molecule has 0 radical (unpaired) electrons. The van der Waals surface area contributed by atoms with Gasteiger partial charge in [0.2, 0.25) is 0 Å². The van der Waals surface area contributed by atoms with Gasteiger partial charge in [0.15, 0.2) is 0 Å². The highest BCUT2D eigenvalue weighted by Crippen LogP contribution is 2.21. The molecule has 94 valence electrons. The summed E-state index contributed by atoms with van der Waals surface area (Å²) in [6.07, 6.45) is 0. The molecule has 0 fully saturated rings. The Labute approximate surface area is 110 Å². The van der Waals surface area contributed by atoms with Crippen molar-refractivity contribution in [2.75, 3.05) is 5.32 Å². The van der Waals surface area contributed by atoms with Crippen LogP contribution in [0.2, 0.25) is 5.02 Å². The molecule has 0 bridgehead atoms. The van der Waals surface area contributed by atoms with Crippen LogP contribution >= 0.6 is 11.6 Å². The van der Waals surface area contributed by atoms with E-state index in [-0.39, 0.29) is 5.75 Å². The van der Waals surface area contributed by atoms with Gasteiger partial charge in [-0.3, -0.25) is 0 Å². The van der Waals surface area contributed by atoms with E-state index in [4.69, 9.17) is 11.6 Å². The minimum atomic E-state index is -0.449. The Kier molecular flexibility index (Phi) is 3.72. The van der Waals surface area contributed by atoms with E-state index in [9.17, 15) is 9.50 Å². The molecule has 2 rings (SSSR count). The van der Waals surface area contributed by atoms with Crippen molar-refractivity contribution in [2.45, 2.75) is 13.5 Å². The Hall–Kier alpha value is -1.74. The molecule has 0 saturated carbocycles.